The molecule has 1 aromatic rings. The van der Waals surface area contributed by atoms with Gasteiger partial charge in [0.2, 0.25) is 0 Å². The van der Waals surface area contributed by atoms with Crippen LogP contribution in [0.15, 0.2) is 17.5 Å². The number of thiophene rings is 1. The Morgan fingerprint density at radius 3 is 2.86 bits per heavy atom. The third kappa shape index (κ3) is 2.73. The van der Waals surface area contributed by atoms with Crippen molar-refractivity contribution in [1.82, 2.24) is 0 Å². The minimum absolute atomic E-state index is 0.276. The van der Waals surface area contributed by atoms with E-state index in [0.717, 1.165) is 5.00 Å². The lowest BCUT2D eigenvalue weighted by atomic mass is 10.1. The zero-order valence-corrected chi connectivity index (χ0v) is 9.25. The largest absolute Gasteiger partial charge is 0.481 e. The highest BCUT2D eigenvalue weighted by Crippen LogP contribution is 2.21. The summed E-state index contributed by atoms with van der Waals surface area (Å²) in [4.78, 5) is 12.8. The first-order chi connectivity index (χ1) is 6.65. The lowest BCUT2D eigenvalue weighted by Crippen LogP contribution is -2.29. The number of rotatable bonds is 5. The van der Waals surface area contributed by atoms with Crippen molar-refractivity contribution in [3.8, 4) is 0 Å². The molecule has 3 nitrogen and oxygen atoms in total. The van der Waals surface area contributed by atoms with Crippen molar-refractivity contribution in [2.24, 2.45) is 5.92 Å². The van der Waals surface area contributed by atoms with E-state index in [0.29, 0.717) is 13.0 Å². The summed E-state index contributed by atoms with van der Waals surface area (Å²) >= 11 is 1.63. The van der Waals surface area contributed by atoms with Gasteiger partial charge in [-0.1, -0.05) is 6.92 Å². The summed E-state index contributed by atoms with van der Waals surface area (Å²) in [5.74, 6) is -0.988. The lowest BCUT2D eigenvalue weighted by molar-refractivity contribution is -0.141. The summed E-state index contributed by atoms with van der Waals surface area (Å²) in [6, 6.07) is 3.97. The summed E-state index contributed by atoms with van der Waals surface area (Å²) in [7, 11) is 1.93. The minimum atomic E-state index is -0.712. The first-order valence-corrected chi connectivity index (χ1v) is 5.50. The molecule has 0 saturated heterocycles. The molecule has 1 heterocycles. The number of anilines is 1. The number of aliphatic carboxylic acids is 1. The molecule has 0 aromatic carbocycles. The van der Waals surface area contributed by atoms with E-state index < -0.39 is 5.97 Å². The maximum absolute atomic E-state index is 10.8. The molecule has 0 radical (unpaired) electrons. The Morgan fingerprint density at radius 2 is 2.43 bits per heavy atom. The maximum atomic E-state index is 10.8. The van der Waals surface area contributed by atoms with Gasteiger partial charge < -0.3 is 10.0 Å². The first-order valence-electron chi connectivity index (χ1n) is 4.62. The van der Waals surface area contributed by atoms with Crippen LogP contribution in [0.5, 0.6) is 0 Å². The van der Waals surface area contributed by atoms with Crippen molar-refractivity contribution in [3.05, 3.63) is 17.5 Å². The lowest BCUT2D eigenvalue weighted by Gasteiger charge is -2.20. The van der Waals surface area contributed by atoms with Gasteiger partial charge in [-0.15, -0.1) is 11.3 Å². The van der Waals surface area contributed by atoms with Crippen molar-refractivity contribution in [2.75, 3.05) is 18.5 Å². The average Bonchev–Trinajstić information content (AvgIpc) is 2.65. The Hall–Kier alpha value is -1.03. The van der Waals surface area contributed by atoms with Gasteiger partial charge in [0.25, 0.3) is 0 Å². The Bertz CT molecular complexity index is 284. The zero-order chi connectivity index (χ0) is 10.6. The molecule has 1 unspecified atom stereocenters. The van der Waals surface area contributed by atoms with Gasteiger partial charge in [-0.3, -0.25) is 4.79 Å². The van der Waals surface area contributed by atoms with E-state index in [1.165, 1.54) is 0 Å². The zero-order valence-electron chi connectivity index (χ0n) is 8.43. The molecule has 0 saturated carbocycles. The quantitative estimate of drug-likeness (QED) is 0.816. The SMILES string of the molecule is CCC(CN(C)c1cccs1)C(=O)O. The topological polar surface area (TPSA) is 40.5 Å². The van der Waals surface area contributed by atoms with E-state index in [1.54, 1.807) is 11.3 Å². The molecule has 1 rings (SSSR count). The van der Waals surface area contributed by atoms with Crippen LogP contribution in [-0.2, 0) is 4.79 Å². The Kier molecular flexibility index (Phi) is 3.95. The van der Waals surface area contributed by atoms with Crippen LogP contribution in [0.1, 0.15) is 13.3 Å². The molecule has 0 aliphatic heterocycles. The summed E-state index contributed by atoms with van der Waals surface area (Å²) in [6.07, 6.45) is 0.672. The van der Waals surface area contributed by atoms with Crippen LogP contribution in [0.2, 0.25) is 0 Å². The van der Waals surface area contributed by atoms with Gasteiger partial charge in [-0.25, -0.2) is 0 Å². The van der Waals surface area contributed by atoms with Crippen molar-refractivity contribution in [3.63, 3.8) is 0 Å². The van der Waals surface area contributed by atoms with Crippen molar-refractivity contribution in [2.45, 2.75) is 13.3 Å². The first kappa shape index (κ1) is 11.0. The van der Waals surface area contributed by atoms with Gasteiger partial charge in [-0.2, -0.15) is 0 Å². The maximum Gasteiger partial charge on any atom is 0.308 e. The standard InChI is InChI=1S/C10H15NO2S/c1-3-8(10(12)13)7-11(2)9-5-4-6-14-9/h4-6,8H,3,7H2,1-2H3,(H,12,13). The molecular formula is C10H15NO2S. The second-order valence-electron chi connectivity index (χ2n) is 3.28. The second-order valence-corrected chi connectivity index (χ2v) is 4.20. The highest BCUT2D eigenvalue weighted by molar-refractivity contribution is 7.14. The highest BCUT2D eigenvalue weighted by atomic mass is 32.1. The van der Waals surface area contributed by atoms with Crippen molar-refractivity contribution >= 4 is 22.3 Å². The molecule has 0 bridgehead atoms. The molecule has 4 heteroatoms. The van der Waals surface area contributed by atoms with Crippen LogP contribution in [0.25, 0.3) is 0 Å². The molecule has 1 atom stereocenters. The molecule has 14 heavy (non-hydrogen) atoms. The number of carboxylic acids is 1. The van der Waals surface area contributed by atoms with Crippen LogP contribution >= 0.6 is 11.3 Å². The van der Waals surface area contributed by atoms with Gasteiger partial charge in [0.1, 0.15) is 0 Å². The summed E-state index contributed by atoms with van der Waals surface area (Å²) in [6.45, 7) is 2.48. The Labute approximate surface area is 88.0 Å². The number of carboxylic acid groups (broad SMARTS) is 1. The molecule has 0 aliphatic carbocycles. The molecule has 1 N–H and O–H groups in total. The van der Waals surface area contributed by atoms with E-state index >= 15 is 0 Å². The van der Waals surface area contributed by atoms with E-state index in [9.17, 15) is 4.79 Å². The normalized spacial score (nSPS) is 12.4. The molecule has 1 aromatic heterocycles. The molecule has 78 valence electrons. The van der Waals surface area contributed by atoms with Crippen molar-refractivity contribution in [1.29, 1.82) is 0 Å². The predicted octanol–water partition coefficient (Wildman–Crippen LogP) is 2.30. The van der Waals surface area contributed by atoms with Gasteiger partial charge in [0, 0.05) is 13.6 Å². The molecule has 0 fully saturated rings. The van der Waals surface area contributed by atoms with Gasteiger partial charge in [-0.05, 0) is 23.9 Å². The molecule has 0 aliphatic rings. The van der Waals surface area contributed by atoms with E-state index in [2.05, 4.69) is 0 Å². The summed E-state index contributed by atoms with van der Waals surface area (Å²) < 4.78 is 0. The third-order valence-electron chi connectivity index (χ3n) is 2.22. The molecular weight excluding hydrogens is 198 g/mol. The third-order valence-corrected chi connectivity index (χ3v) is 3.20. The number of hydrogen-bond donors (Lipinski definition) is 1. The number of carbonyl (C=O) groups is 1. The van der Waals surface area contributed by atoms with Crippen LogP contribution in [-0.4, -0.2) is 24.7 Å². The van der Waals surface area contributed by atoms with Crippen LogP contribution in [0.3, 0.4) is 0 Å². The smallest absolute Gasteiger partial charge is 0.308 e. The molecule has 0 spiro atoms. The fourth-order valence-electron chi connectivity index (χ4n) is 1.29. The number of nitrogens with zero attached hydrogens (tertiary/aromatic N) is 1. The van der Waals surface area contributed by atoms with Crippen molar-refractivity contribution < 1.29 is 9.90 Å². The highest BCUT2D eigenvalue weighted by Gasteiger charge is 2.17. The number of hydrogen-bond acceptors (Lipinski definition) is 3. The van der Waals surface area contributed by atoms with E-state index in [4.69, 9.17) is 5.11 Å². The van der Waals surface area contributed by atoms with E-state index in [-0.39, 0.29) is 5.92 Å². The van der Waals surface area contributed by atoms with Crippen LogP contribution in [0, 0.1) is 5.92 Å². The van der Waals surface area contributed by atoms with Crippen LogP contribution < -0.4 is 4.90 Å². The Balaban J connectivity index is 2.55. The van der Waals surface area contributed by atoms with E-state index in [1.807, 2.05) is 36.4 Å². The average molecular weight is 213 g/mol. The summed E-state index contributed by atoms with van der Waals surface area (Å²) in [5, 5.41) is 12.0. The minimum Gasteiger partial charge on any atom is -0.481 e. The summed E-state index contributed by atoms with van der Waals surface area (Å²) in [5.41, 5.74) is 0. The Morgan fingerprint density at radius 1 is 1.71 bits per heavy atom. The van der Waals surface area contributed by atoms with Gasteiger partial charge >= 0.3 is 5.97 Å². The fraction of sp³-hybridized carbons (Fsp3) is 0.500. The monoisotopic (exact) mass is 213 g/mol. The predicted molar refractivity (Wildman–Crippen MR) is 59.0 cm³/mol. The fourth-order valence-corrected chi connectivity index (χ4v) is 2.00. The van der Waals surface area contributed by atoms with Gasteiger partial charge in [0.15, 0.2) is 0 Å². The second kappa shape index (κ2) is 5.00. The molecule has 0 amide bonds. The van der Waals surface area contributed by atoms with Gasteiger partial charge in [0.05, 0.1) is 10.9 Å². The van der Waals surface area contributed by atoms with Crippen LogP contribution in [0.4, 0.5) is 5.00 Å².